The lowest BCUT2D eigenvalue weighted by molar-refractivity contribution is -0.122. The highest BCUT2D eigenvalue weighted by Gasteiger charge is 2.10. The topological polar surface area (TPSA) is 60.5 Å². The molecule has 0 unspecified atom stereocenters. The summed E-state index contributed by atoms with van der Waals surface area (Å²) in [5, 5.41) is 3.81. The highest BCUT2D eigenvalue weighted by Crippen LogP contribution is 2.33. The highest BCUT2D eigenvalue weighted by molar-refractivity contribution is 7.20. The predicted octanol–water partition coefficient (Wildman–Crippen LogP) is 4.17. The van der Waals surface area contributed by atoms with Crippen LogP contribution in [0.4, 0.5) is 0 Å². The third kappa shape index (κ3) is 4.15. The van der Waals surface area contributed by atoms with Crippen LogP contribution in [0.1, 0.15) is 10.6 Å². The van der Waals surface area contributed by atoms with E-state index in [1.807, 2.05) is 36.4 Å². The van der Waals surface area contributed by atoms with E-state index in [9.17, 15) is 4.79 Å². The molecule has 0 aliphatic rings. The third-order valence-corrected chi connectivity index (χ3v) is 5.09. The molecule has 1 heterocycles. The third-order valence-electron chi connectivity index (χ3n) is 3.62. The van der Waals surface area contributed by atoms with Gasteiger partial charge in [0, 0.05) is 7.05 Å². The summed E-state index contributed by atoms with van der Waals surface area (Å²) in [4.78, 5) is 15.9. The molecule has 134 valence electrons. The molecule has 3 aromatic rings. The Morgan fingerprint density at radius 1 is 1.27 bits per heavy atom. The van der Waals surface area contributed by atoms with Crippen LogP contribution in [-0.4, -0.2) is 31.7 Å². The molecule has 0 saturated carbocycles. The minimum atomic E-state index is -0.213. The van der Waals surface area contributed by atoms with Crippen LogP contribution in [0.5, 0.6) is 11.5 Å². The van der Waals surface area contributed by atoms with Crippen molar-refractivity contribution < 1.29 is 14.3 Å². The minimum Gasteiger partial charge on any atom is -0.493 e. The van der Waals surface area contributed by atoms with Crippen LogP contribution in [0.2, 0.25) is 0 Å². The van der Waals surface area contributed by atoms with Gasteiger partial charge < -0.3 is 14.8 Å². The summed E-state index contributed by atoms with van der Waals surface area (Å²) in [6, 6.07) is 13.3. The fraction of sp³-hybridized carbons (Fsp3) is 0.158. The maximum Gasteiger partial charge on any atom is 0.257 e. The number of likely N-dealkylation sites (N-methyl/N-ethyl adjacent to an activating group) is 1. The van der Waals surface area contributed by atoms with Crippen molar-refractivity contribution in [3.63, 3.8) is 0 Å². The Kier molecular flexibility index (Phi) is 5.75. The lowest BCUT2D eigenvalue weighted by Gasteiger charge is -2.10. The lowest BCUT2D eigenvalue weighted by atomic mass is 10.2. The number of hydrogen-bond acceptors (Lipinski definition) is 5. The summed E-state index contributed by atoms with van der Waals surface area (Å²) < 4.78 is 11.9. The van der Waals surface area contributed by atoms with Crippen LogP contribution in [0.25, 0.3) is 21.3 Å². The van der Waals surface area contributed by atoms with Gasteiger partial charge in [-0.2, -0.15) is 0 Å². The number of halogens is 1. The van der Waals surface area contributed by atoms with Crippen molar-refractivity contribution in [3.8, 4) is 11.5 Å². The van der Waals surface area contributed by atoms with Crippen molar-refractivity contribution in [2.45, 2.75) is 0 Å². The first-order valence-corrected chi connectivity index (χ1v) is 9.04. The van der Waals surface area contributed by atoms with E-state index in [4.69, 9.17) is 21.1 Å². The number of amides is 1. The molecule has 0 fully saturated rings. The van der Waals surface area contributed by atoms with E-state index in [0.717, 1.165) is 20.8 Å². The number of methoxy groups -OCH3 is 1. The summed E-state index contributed by atoms with van der Waals surface area (Å²) in [7, 11) is 3.10. The maximum absolute atomic E-state index is 11.3. The maximum atomic E-state index is 11.3. The zero-order chi connectivity index (χ0) is 18.5. The van der Waals surface area contributed by atoms with Crippen LogP contribution in [0.15, 0.2) is 42.5 Å². The monoisotopic (exact) mass is 388 g/mol. The molecule has 0 bridgehead atoms. The summed E-state index contributed by atoms with van der Waals surface area (Å²) in [6.07, 6.45) is 1.82. The fourth-order valence-electron chi connectivity index (χ4n) is 2.29. The van der Waals surface area contributed by atoms with E-state index in [1.165, 1.54) is 11.3 Å². The number of rotatable bonds is 6. The van der Waals surface area contributed by atoms with E-state index in [0.29, 0.717) is 16.5 Å². The van der Waals surface area contributed by atoms with Gasteiger partial charge in [-0.05, 0) is 35.9 Å². The number of para-hydroxylation sites is 1. The smallest absolute Gasteiger partial charge is 0.257 e. The van der Waals surface area contributed by atoms with Crippen molar-refractivity contribution in [2.24, 2.45) is 0 Å². The Labute approximate surface area is 160 Å². The number of nitrogens with one attached hydrogen (secondary N) is 1. The van der Waals surface area contributed by atoms with Gasteiger partial charge in [0.05, 0.1) is 22.4 Å². The van der Waals surface area contributed by atoms with Gasteiger partial charge in [-0.25, -0.2) is 4.98 Å². The molecule has 1 N–H and O–H groups in total. The van der Waals surface area contributed by atoms with E-state index in [1.54, 1.807) is 26.3 Å². The van der Waals surface area contributed by atoms with Gasteiger partial charge in [0.1, 0.15) is 5.01 Å². The first-order valence-electron chi connectivity index (χ1n) is 7.85. The molecule has 26 heavy (non-hydrogen) atoms. The standard InChI is InChI=1S/C19H17ClN2O3S/c1-21-18(23)11-25-15-8-7-12(10-16(15)24-2)9-13(20)19-22-14-5-3-4-6-17(14)26-19/h3-10H,11H2,1-2H3,(H,21,23). The Bertz CT molecular complexity index is 935. The molecule has 0 spiro atoms. The predicted molar refractivity (Wildman–Crippen MR) is 106 cm³/mol. The largest absolute Gasteiger partial charge is 0.493 e. The number of hydrogen-bond donors (Lipinski definition) is 1. The van der Waals surface area contributed by atoms with Crippen LogP contribution in [0.3, 0.4) is 0 Å². The average Bonchev–Trinajstić information content (AvgIpc) is 3.11. The summed E-state index contributed by atoms with van der Waals surface area (Å²) in [5.74, 6) is 0.802. The highest BCUT2D eigenvalue weighted by atomic mass is 35.5. The SMILES string of the molecule is CNC(=O)COc1ccc(C=C(Cl)c2nc3ccccc3s2)cc1OC. The van der Waals surface area contributed by atoms with Crippen molar-refractivity contribution in [3.05, 3.63) is 53.0 Å². The van der Waals surface area contributed by atoms with Gasteiger partial charge in [0.2, 0.25) is 0 Å². The first-order chi connectivity index (χ1) is 12.6. The zero-order valence-corrected chi connectivity index (χ0v) is 15.9. The quantitative estimate of drug-likeness (QED) is 0.688. The number of fused-ring (bicyclic) bond motifs is 1. The average molecular weight is 389 g/mol. The van der Waals surface area contributed by atoms with Crippen LogP contribution in [0, 0.1) is 0 Å². The molecule has 0 atom stereocenters. The molecule has 0 radical (unpaired) electrons. The van der Waals surface area contributed by atoms with Gasteiger partial charge in [0.25, 0.3) is 5.91 Å². The number of benzene rings is 2. The van der Waals surface area contributed by atoms with Crippen LogP contribution in [-0.2, 0) is 4.79 Å². The zero-order valence-electron chi connectivity index (χ0n) is 14.3. The molecule has 1 aromatic heterocycles. The van der Waals surface area contributed by atoms with Gasteiger partial charge in [-0.15, -0.1) is 11.3 Å². The second-order valence-electron chi connectivity index (χ2n) is 5.35. The van der Waals surface area contributed by atoms with Crippen molar-refractivity contribution in [2.75, 3.05) is 20.8 Å². The molecule has 0 aliphatic heterocycles. The van der Waals surface area contributed by atoms with Gasteiger partial charge in [-0.3, -0.25) is 4.79 Å². The van der Waals surface area contributed by atoms with Crippen molar-refractivity contribution in [1.82, 2.24) is 10.3 Å². The number of nitrogens with zero attached hydrogens (tertiary/aromatic N) is 1. The number of thiazole rings is 1. The van der Waals surface area contributed by atoms with Gasteiger partial charge in [-0.1, -0.05) is 29.8 Å². The van der Waals surface area contributed by atoms with E-state index in [-0.39, 0.29) is 12.5 Å². The second-order valence-corrected chi connectivity index (χ2v) is 6.79. The van der Waals surface area contributed by atoms with E-state index >= 15 is 0 Å². The number of ether oxygens (including phenoxy) is 2. The van der Waals surface area contributed by atoms with Crippen LogP contribution < -0.4 is 14.8 Å². The molecule has 0 saturated heterocycles. The number of carbonyl (C=O) groups excluding carboxylic acids is 1. The van der Waals surface area contributed by atoms with Gasteiger partial charge >= 0.3 is 0 Å². The minimum absolute atomic E-state index is 0.0749. The summed E-state index contributed by atoms with van der Waals surface area (Å²) >= 11 is 7.99. The molecule has 7 heteroatoms. The molecular formula is C19H17ClN2O3S. The Morgan fingerprint density at radius 2 is 2.08 bits per heavy atom. The summed E-state index contributed by atoms with van der Waals surface area (Å²) in [6.45, 7) is -0.0749. The molecule has 5 nitrogen and oxygen atoms in total. The summed E-state index contributed by atoms with van der Waals surface area (Å²) in [5.41, 5.74) is 1.77. The Hall–Kier alpha value is -2.57. The van der Waals surface area contributed by atoms with Crippen molar-refractivity contribution in [1.29, 1.82) is 0 Å². The second kappa shape index (κ2) is 8.21. The Morgan fingerprint density at radius 3 is 2.81 bits per heavy atom. The number of aromatic nitrogens is 1. The van der Waals surface area contributed by atoms with E-state index in [2.05, 4.69) is 10.3 Å². The van der Waals surface area contributed by atoms with Gasteiger partial charge in [0.15, 0.2) is 18.1 Å². The van der Waals surface area contributed by atoms with Crippen molar-refractivity contribution >= 4 is 50.2 Å². The molecule has 0 aliphatic carbocycles. The Balaban J connectivity index is 1.84. The lowest BCUT2D eigenvalue weighted by Crippen LogP contribution is -2.24. The first kappa shape index (κ1) is 18.2. The van der Waals surface area contributed by atoms with E-state index < -0.39 is 0 Å². The molecular weight excluding hydrogens is 372 g/mol. The molecule has 3 rings (SSSR count). The molecule has 2 aromatic carbocycles. The molecule has 1 amide bonds. The van der Waals surface area contributed by atoms with Crippen LogP contribution >= 0.6 is 22.9 Å². The fourth-order valence-corrected chi connectivity index (χ4v) is 3.45. The number of carbonyl (C=O) groups is 1. The normalized spacial score (nSPS) is 11.4.